The van der Waals surface area contributed by atoms with Crippen molar-refractivity contribution in [1.82, 2.24) is 4.98 Å². The quantitative estimate of drug-likeness (QED) is 0.271. The maximum atomic E-state index is 10.5. The summed E-state index contributed by atoms with van der Waals surface area (Å²) in [6.45, 7) is 2.01. The molecule has 0 saturated heterocycles. The average molecular weight is 257 g/mol. The highest BCUT2D eigenvalue weighted by Gasteiger charge is 2.14. The van der Waals surface area contributed by atoms with Gasteiger partial charge in [0.1, 0.15) is 5.15 Å². The summed E-state index contributed by atoms with van der Waals surface area (Å²) in [7, 11) is 1.71. The first-order valence-electron chi connectivity index (χ1n) is 5.05. The zero-order valence-electron chi connectivity index (χ0n) is 9.63. The number of halogens is 1. The molecule has 0 radical (unpaired) electrons. The Morgan fingerprint density at radius 1 is 1.65 bits per heavy atom. The largest absolute Gasteiger partial charge is 0.326 e. The van der Waals surface area contributed by atoms with E-state index in [9.17, 15) is 10.1 Å². The van der Waals surface area contributed by atoms with Crippen molar-refractivity contribution in [1.29, 1.82) is 0 Å². The van der Waals surface area contributed by atoms with Crippen molar-refractivity contribution in [2.75, 3.05) is 25.0 Å². The second-order valence-corrected chi connectivity index (χ2v) is 3.67. The summed E-state index contributed by atoms with van der Waals surface area (Å²) in [5, 5.41) is 10.9. The molecule has 0 N–H and O–H groups in total. The molecule has 0 bridgehead atoms. The molecule has 0 spiro atoms. The van der Waals surface area contributed by atoms with E-state index in [0.717, 1.165) is 0 Å². The fourth-order valence-corrected chi connectivity index (χ4v) is 1.39. The first kappa shape index (κ1) is 13.4. The minimum absolute atomic E-state index is 0.313. The van der Waals surface area contributed by atoms with Gasteiger partial charge in [0.25, 0.3) is 6.54 Å². The van der Waals surface area contributed by atoms with E-state index in [2.05, 4.69) is 9.98 Å². The van der Waals surface area contributed by atoms with Gasteiger partial charge in [0.15, 0.2) is 5.84 Å². The number of aliphatic imine (C=N–C) groups is 1. The standard InChI is InChI=1S/C10H13ClN4O2/c1-3-12-10(7-15(16)17)14(2)8-4-5-9(11)13-6-8/h4-6H,3,7H2,1-2H3. The number of amidine groups is 1. The SMILES string of the molecule is CCN=C(C[N+](=O)[O-])N(C)c1ccc(Cl)nc1. The van der Waals surface area contributed by atoms with E-state index < -0.39 is 4.92 Å². The predicted octanol–water partition coefficient (Wildman–Crippen LogP) is 1.87. The van der Waals surface area contributed by atoms with Crippen LogP contribution in [-0.4, -0.2) is 35.9 Å². The molecule has 0 aliphatic carbocycles. The van der Waals surface area contributed by atoms with Crippen LogP contribution in [-0.2, 0) is 0 Å². The zero-order valence-corrected chi connectivity index (χ0v) is 10.4. The van der Waals surface area contributed by atoms with Crippen LogP contribution < -0.4 is 4.90 Å². The van der Waals surface area contributed by atoms with Crippen molar-refractivity contribution in [2.45, 2.75) is 6.92 Å². The Hall–Kier alpha value is -1.69. The molecule has 0 amide bonds. The zero-order chi connectivity index (χ0) is 12.8. The minimum atomic E-state index is -0.408. The second kappa shape index (κ2) is 6.15. The lowest BCUT2D eigenvalue weighted by Gasteiger charge is -2.18. The molecular weight excluding hydrogens is 244 g/mol. The first-order chi connectivity index (χ1) is 8.04. The number of hydrogen-bond donors (Lipinski definition) is 0. The van der Waals surface area contributed by atoms with E-state index >= 15 is 0 Å². The highest BCUT2D eigenvalue weighted by Crippen LogP contribution is 2.14. The maximum Gasteiger partial charge on any atom is 0.260 e. The summed E-state index contributed by atoms with van der Waals surface area (Å²) >= 11 is 5.67. The van der Waals surface area contributed by atoms with Crippen LogP contribution in [0.1, 0.15) is 6.92 Å². The van der Waals surface area contributed by atoms with Crippen molar-refractivity contribution in [2.24, 2.45) is 4.99 Å². The van der Waals surface area contributed by atoms with Gasteiger partial charge in [-0.1, -0.05) is 11.6 Å². The summed E-state index contributed by atoms with van der Waals surface area (Å²) in [6.07, 6.45) is 1.55. The maximum absolute atomic E-state index is 10.5. The molecule has 0 aromatic carbocycles. The Morgan fingerprint density at radius 3 is 2.82 bits per heavy atom. The van der Waals surface area contributed by atoms with Crippen LogP contribution in [0.4, 0.5) is 5.69 Å². The van der Waals surface area contributed by atoms with E-state index in [1.165, 1.54) is 0 Å². The molecule has 1 aromatic rings. The molecule has 17 heavy (non-hydrogen) atoms. The van der Waals surface area contributed by atoms with Crippen molar-refractivity contribution < 1.29 is 4.92 Å². The minimum Gasteiger partial charge on any atom is -0.326 e. The van der Waals surface area contributed by atoms with Gasteiger partial charge in [0.05, 0.1) is 11.9 Å². The molecular formula is C10H13ClN4O2. The number of hydrogen-bond acceptors (Lipinski definition) is 4. The number of nitrogens with zero attached hydrogens (tertiary/aromatic N) is 4. The van der Waals surface area contributed by atoms with Crippen LogP contribution >= 0.6 is 11.6 Å². The molecule has 92 valence electrons. The molecule has 1 aromatic heterocycles. The number of aromatic nitrogens is 1. The lowest BCUT2D eigenvalue weighted by atomic mass is 10.3. The van der Waals surface area contributed by atoms with Crippen molar-refractivity contribution in [3.05, 3.63) is 33.6 Å². The first-order valence-corrected chi connectivity index (χ1v) is 5.42. The van der Waals surface area contributed by atoms with Gasteiger partial charge in [-0.3, -0.25) is 15.1 Å². The number of nitro groups is 1. The van der Waals surface area contributed by atoms with E-state index in [1.807, 2.05) is 6.92 Å². The van der Waals surface area contributed by atoms with Crippen LogP contribution in [0.25, 0.3) is 0 Å². The molecule has 6 nitrogen and oxygen atoms in total. The average Bonchev–Trinajstić information content (AvgIpc) is 2.28. The van der Waals surface area contributed by atoms with Gasteiger partial charge in [-0.15, -0.1) is 0 Å². The Labute approximate surface area is 104 Å². The third-order valence-electron chi connectivity index (χ3n) is 2.10. The highest BCUT2D eigenvalue weighted by molar-refractivity contribution is 6.29. The van der Waals surface area contributed by atoms with E-state index in [-0.39, 0.29) is 6.54 Å². The van der Waals surface area contributed by atoms with E-state index in [1.54, 1.807) is 30.3 Å². The summed E-state index contributed by atoms with van der Waals surface area (Å²) in [4.78, 5) is 19.8. The van der Waals surface area contributed by atoms with Crippen LogP contribution in [0, 0.1) is 10.1 Å². The molecule has 1 rings (SSSR count). The van der Waals surface area contributed by atoms with E-state index in [4.69, 9.17) is 11.6 Å². The Morgan fingerprint density at radius 2 is 2.35 bits per heavy atom. The van der Waals surface area contributed by atoms with Crippen LogP contribution in [0.15, 0.2) is 23.3 Å². The van der Waals surface area contributed by atoms with Crippen molar-refractivity contribution >= 4 is 23.1 Å². The van der Waals surface area contributed by atoms with Gasteiger partial charge in [0.2, 0.25) is 0 Å². The third-order valence-corrected chi connectivity index (χ3v) is 2.32. The molecule has 0 aliphatic rings. The lowest BCUT2D eigenvalue weighted by Crippen LogP contribution is -2.32. The lowest BCUT2D eigenvalue weighted by molar-refractivity contribution is -0.463. The number of pyridine rings is 1. The van der Waals surface area contributed by atoms with Crippen molar-refractivity contribution in [3.63, 3.8) is 0 Å². The number of rotatable bonds is 4. The Kier molecular flexibility index (Phi) is 4.84. The topological polar surface area (TPSA) is 71.6 Å². The molecule has 1 heterocycles. The molecule has 0 atom stereocenters. The fourth-order valence-electron chi connectivity index (χ4n) is 1.28. The van der Waals surface area contributed by atoms with Gasteiger partial charge < -0.3 is 4.90 Å². The highest BCUT2D eigenvalue weighted by atomic mass is 35.5. The van der Waals surface area contributed by atoms with Gasteiger partial charge in [-0.25, -0.2) is 4.98 Å². The molecule has 0 saturated carbocycles. The normalized spacial score (nSPS) is 11.4. The predicted molar refractivity (Wildman–Crippen MR) is 67.5 cm³/mol. The van der Waals surface area contributed by atoms with Crippen LogP contribution in [0.2, 0.25) is 5.15 Å². The van der Waals surface area contributed by atoms with E-state index in [0.29, 0.717) is 23.2 Å². The second-order valence-electron chi connectivity index (χ2n) is 3.28. The molecule has 0 fully saturated rings. The molecule has 0 unspecified atom stereocenters. The summed E-state index contributed by atoms with van der Waals surface area (Å²) in [5.74, 6) is 0.390. The van der Waals surface area contributed by atoms with Gasteiger partial charge in [-0.2, -0.15) is 0 Å². The number of anilines is 1. The van der Waals surface area contributed by atoms with Crippen molar-refractivity contribution in [3.8, 4) is 0 Å². The third kappa shape index (κ3) is 3.99. The summed E-state index contributed by atoms with van der Waals surface area (Å²) in [6, 6.07) is 3.36. The van der Waals surface area contributed by atoms with Crippen LogP contribution in [0.5, 0.6) is 0 Å². The summed E-state index contributed by atoms with van der Waals surface area (Å²) in [5.41, 5.74) is 0.712. The molecule has 7 heteroatoms. The van der Waals surface area contributed by atoms with Gasteiger partial charge in [0, 0.05) is 18.5 Å². The number of likely N-dealkylation sites (N-methyl/N-ethyl adjacent to an activating group) is 1. The Bertz CT molecular complexity index is 419. The summed E-state index contributed by atoms with van der Waals surface area (Å²) < 4.78 is 0. The van der Waals surface area contributed by atoms with Gasteiger partial charge >= 0.3 is 0 Å². The monoisotopic (exact) mass is 256 g/mol. The van der Waals surface area contributed by atoms with Crippen LogP contribution in [0.3, 0.4) is 0 Å². The fraction of sp³-hybridized carbons (Fsp3) is 0.400. The Balaban J connectivity index is 2.91. The smallest absolute Gasteiger partial charge is 0.260 e. The van der Waals surface area contributed by atoms with Gasteiger partial charge in [-0.05, 0) is 19.1 Å². The molecule has 0 aliphatic heterocycles.